The van der Waals surface area contributed by atoms with E-state index in [4.69, 9.17) is 31.9 Å². The van der Waals surface area contributed by atoms with Crippen LogP contribution in [0.25, 0.3) is 55.0 Å². The third-order valence-corrected chi connectivity index (χ3v) is 13.7. The summed E-state index contributed by atoms with van der Waals surface area (Å²) in [5.41, 5.74) is 10.4. The van der Waals surface area contributed by atoms with Crippen LogP contribution in [0.2, 0.25) is 0 Å². The molecule has 3 N–H and O–H groups in total. The van der Waals surface area contributed by atoms with Crippen LogP contribution in [-0.2, 0) is 35.5 Å². The Labute approximate surface area is 435 Å². The maximum absolute atomic E-state index is 13.5. The van der Waals surface area contributed by atoms with Gasteiger partial charge in [-0.3, -0.25) is 19.2 Å². The van der Waals surface area contributed by atoms with Crippen molar-refractivity contribution < 1.29 is 48.0 Å². The summed E-state index contributed by atoms with van der Waals surface area (Å²) < 4.78 is 25.4. The third kappa shape index (κ3) is 8.90. The number of ketones is 2. The molecule has 0 saturated carbocycles. The van der Waals surface area contributed by atoms with Crippen LogP contribution in [0.15, 0.2) is 134 Å². The van der Waals surface area contributed by atoms with Crippen molar-refractivity contribution in [1.29, 1.82) is 0 Å². The van der Waals surface area contributed by atoms with E-state index in [1.54, 1.807) is 9.80 Å². The van der Waals surface area contributed by atoms with Gasteiger partial charge in [-0.1, -0.05) is 72.8 Å². The molecule has 10 aromatic rings. The molecule has 8 heterocycles. The molecule has 0 unspecified atom stereocenters. The SMILES string of the molecule is COc1ncc(OC)c2c(C(=O)C(=O)N3CCc4c(c5ccccc5n4-c4ccccc4)C3)c[nH]c12.COc1ncc(OC)c2c(C(=O)C(=O)O)c[nH]c12.[B]C(=O)N1CCc2c(c3ccccc3n2-c2ccccc2)C1. The van der Waals surface area contributed by atoms with E-state index in [0.29, 0.717) is 71.8 Å². The minimum Gasteiger partial charge on any atom is -0.494 e. The van der Waals surface area contributed by atoms with Crippen LogP contribution in [0.3, 0.4) is 0 Å². The molecule has 6 aromatic heterocycles. The molecule has 2 amide bonds. The Hall–Kier alpha value is -9.65. The topological polar surface area (TPSA) is 216 Å². The largest absolute Gasteiger partial charge is 0.494 e. The number of nitrogens with one attached hydrogen (secondary N) is 2. The van der Waals surface area contributed by atoms with Crippen LogP contribution in [0.4, 0.5) is 4.79 Å². The van der Waals surface area contributed by atoms with Gasteiger partial charge in [-0.05, 0) is 36.4 Å². The maximum Gasteiger partial charge on any atom is 0.377 e. The number of pyridine rings is 2. The number of rotatable bonds is 10. The fourth-order valence-corrected chi connectivity index (χ4v) is 10.3. The van der Waals surface area contributed by atoms with Crippen LogP contribution >= 0.6 is 0 Å². The Kier molecular flexibility index (Phi) is 13.8. The fourth-order valence-electron chi connectivity index (χ4n) is 10.3. The number of carbonyl (C=O) groups is 5. The highest BCUT2D eigenvalue weighted by Gasteiger charge is 2.33. The molecule has 2 aliphatic heterocycles. The molecule has 0 atom stereocenters. The highest BCUT2D eigenvalue weighted by atomic mass is 16.5. The quantitative estimate of drug-likeness (QED) is 0.0669. The molecule has 18 nitrogen and oxygen atoms in total. The smallest absolute Gasteiger partial charge is 0.377 e. The third-order valence-electron chi connectivity index (χ3n) is 13.7. The number of para-hydroxylation sites is 4. The lowest BCUT2D eigenvalue weighted by Crippen LogP contribution is -2.40. The van der Waals surface area contributed by atoms with Gasteiger partial charge in [0, 0.05) is 96.1 Å². The van der Waals surface area contributed by atoms with Gasteiger partial charge in [0.25, 0.3) is 17.5 Å². The number of nitrogens with zero attached hydrogens (tertiary/aromatic N) is 6. The molecule has 380 valence electrons. The number of methoxy groups -OCH3 is 4. The van der Waals surface area contributed by atoms with E-state index < -0.39 is 23.4 Å². The zero-order chi connectivity index (χ0) is 53.2. The molecule has 12 rings (SSSR count). The second-order valence-electron chi connectivity index (χ2n) is 17.8. The Morgan fingerprint density at radius 1 is 0.553 bits per heavy atom. The number of aromatic amines is 2. The van der Waals surface area contributed by atoms with Gasteiger partial charge in [0.1, 0.15) is 22.5 Å². The predicted molar refractivity (Wildman–Crippen MR) is 286 cm³/mol. The van der Waals surface area contributed by atoms with E-state index in [9.17, 15) is 24.0 Å². The Morgan fingerprint density at radius 2 is 0.974 bits per heavy atom. The highest BCUT2D eigenvalue weighted by molar-refractivity contribution is 6.56. The number of carboxylic acid groups (broad SMARTS) is 1. The molecule has 4 aromatic carbocycles. The van der Waals surface area contributed by atoms with E-state index in [1.807, 2.05) is 42.5 Å². The highest BCUT2D eigenvalue weighted by Crippen LogP contribution is 2.38. The standard InChI is InChI=1S/C28H24N4O4.C18H15BN2O.C11H10N2O5/c1-35-23-15-30-27(36-2)25-24(23)19(14-29-25)26(33)28(34)31-13-12-22-20(16-31)18-10-6-7-11-21(18)32(22)17-8-4-3-5-9-17;19-18(22)20-11-10-17-15(12-20)14-8-4-5-9-16(14)21(17)13-6-2-1-3-7-13;1-17-6-4-13-10(18-2)8-7(6)5(3-12-8)9(14)11(15)16/h3-11,14-15,29H,12-13,16H2,1-2H3;1-9H,10-12H2;3-4,12H,1-2H3,(H,15,16). The second kappa shape index (κ2) is 21.1. The number of fused-ring (bicyclic) bond motifs is 8. The lowest BCUT2D eigenvalue weighted by molar-refractivity contribution is -0.131. The molecule has 76 heavy (non-hydrogen) atoms. The number of aromatic nitrogens is 6. The summed E-state index contributed by atoms with van der Waals surface area (Å²) >= 11 is 0. The van der Waals surface area contributed by atoms with E-state index in [1.165, 1.54) is 81.1 Å². The minimum absolute atomic E-state index is 0.00931. The summed E-state index contributed by atoms with van der Waals surface area (Å²) in [7, 11) is 11.3. The van der Waals surface area contributed by atoms with Crippen LogP contribution in [0, 0.1) is 0 Å². The van der Waals surface area contributed by atoms with Gasteiger partial charge in [0.15, 0.2) is 5.81 Å². The number of aliphatic carboxylic acids is 1. The average molecular weight is 1020 g/mol. The Balaban J connectivity index is 0.000000140. The normalized spacial score (nSPS) is 12.7. The molecule has 0 bridgehead atoms. The number of hydrogen-bond donors (Lipinski definition) is 3. The predicted octanol–water partition coefficient (Wildman–Crippen LogP) is 8.42. The summed E-state index contributed by atoms with van der Waals surface area (Å²) in [6.07, 6.45) is 7.15. The number of benzene rings is 4. The summed E-state index contributed by atoms with van der Waals surface area (Å²) in [5.74, 6) is -2.75. The molecule has 2 radical (unpaired) electrons. The van der Waals surface area contributed by atoms with E-state index in [0.717, 1.165) is 34.3 Å². The van der Waals surface area contributed by atoms with Crippen molar-refractivity contribution in [2.24, 2.45) is 0 Å². The van der Waals surface area contributed by atoms with Crippen LogP contribution in [-0.4, -0.2) is 123 Å². The summed E-state index contributed by atoms with van der Waals surface area (Å²) in [6, 6.07) is 37.1. The minimum atomic E-state index is -1.53. The fraction of sp³-hybridized carbons (Fsp3) is 0.175. The molecule has 2 aliphatic rings. The van der Waals surface area contributed by atoms with Crippen molar-refractivity contribution in [3.8, 4) is 34.6 Å². The zero-order valence-corrected chi connectivity index (χ0v) is 41.8. The number of H-pyrrole nitrogens is 2. The van der Waals surface area contributed by atoms with Crippen LogP contribution in [0.1, 0.15) is 43.2 Å². The molecule has 0 fully saturated rings. The van der Waals surface area contributed by atoms with Gasteiger partial charge < -0.3 is 53.0 Å². The first-order valence-electron chi connectivity index (χ1n) is 24.1. The van der Waals surface area contributed by atoms with Crippen molar-refractivity contribution in [2.45, 2.75) is 25.9 Å². The molecular formula is C57H49BN8O10. The summed E-state index contributed by atoms with van der Waals surface area (Å²) in [4.78, 5) is 78.1. The van der Waals surface area contributed by atoms with E-state index >= 15 is 0 Å². The van der Waals surface area contributed by atoms with Gasteiger partial charge in [0.2, 0.25) is 19.6 Å². The molecule has 0 saturated heterocycles. The van der Waals surface area contributed by atoms with E-state index in [2.05, 4.69) is 95.8 Å². The molecular weight excluding hydrogens is 967 g/mol. The Bertz CT molecular complexity index is 3880. The van der Waals surface area contributed by atoms with Gasteiger partial charge in [-0.2, -0.15) is 0 Å². The van der Waals surface area contributed by atoms with E-state index in [-0.39, 0.29) is 22.8 Å². The number of hydrogen-bond acceptors (Lipinski definition) is 11. The van der Waals surface area contributed by atoms with Gasteiger partial charge in [0.05, 0.1) is 73.8 Å². The monoisotopic (exact) mass is 1020 g/mol. The average Bonchev–Trinajstić information content (AvgIpc) is 4.28. The molecule has 0 aliphatic carbocycles. The summed E-state index contributed by atoms with van der Waals surface area (Å²) in [5, 5.41) is 11.9. The molecule has 19 heteroatoms. The van der Waals surface area contributed by atoms with Crippen molar-refractivity contribution in [2.75, 3.05) is 41.5 Å². The second-order valence-corrected chi connectivity index (χ2v) is 17.8. The first-order chi connectivity index (χ1) is 37.0. The maximum atomic E-state index is 13.5. The summed E-state index contributed by atoms with van der Waals surface area (Å²) in [6.45, 7) is 2.08. The lowest BCUT2D eigenvalue weighted by atomic mass is 10.0. The molecule has 0 spiro atoms. The Morgan fingerprint density at radius 3 is 1.41 bits per heavy atom. The first kappa shape index (κ1) is 49.9. The van der Waals surface area contributed by atoms with Crippen molar-refractivity contribution >= 4 is 80.7 Å². The lowest BCUT2D eigenvalue weighted by Gasteiger charge is -2.28. The number of carboxylic acids is 1. The van der Waals surface area contributed by atoms with Crippen LogP contribution in [0.5, 0.6) is 23.3 Å². The number of Topliss-reactive ketones (excluding diaryl/α,β-unsaturated/α-hetero) is 2. The zero-order valence-electron chi connectivity index (χ0n) is 41.8. The number of amides is 2. The van der Waals surface area contributed by atoms with Crippen molar-refractivity contribution in [1.82, 2.24) is 38.9 Å². The van der Waals surface area contributed by atoms with Crippen LogP contribution < -0.4 is 18.9 Å². The number of carbonyl (C=O) groups excluding carboxylic acids is 4. The van der Waals surface area contributed by atoms with Crippen molar-refractivity contribution in [3.63, 3.8) is 0 Å². The first-order valence-corrected chi connectivity index (χ1v) is 24.1. The number of ether oxygens (including phenoxy) is 4. The van der Waals surface area contributed by atoms with Crippen molar-refractivity contribution in [3.05, 3.63) is 168 Å². The van der Waals surface area contributed by atoms with Gasteiger partial charge in [-0.25, -0.2) is 14.8 Å². The van der Waals surface area contributed by atoms with Gasteiger partial charge in [-0.15, -0.1) is 0 Å². The van der Waals surface area contributed by atoms with Gasteiger partial charge >= 0.3 is 5.97 Å².